The quantitative estimate of drug-likeness (QED) is 0.512. The Balaban J connectivity index is 2.69. The van der Waals surface area contributed by atoms with Gasteiger partial charge in [-0.1, -0.05) is 13.8 Å². The molecule has 0 aliphatic carbocycles. The standard InChI is InChI=1S/C14H21ClO5S/c1-11(2)13-10-12(21(15,16)17)4-5-14(13)20-9-8-19-7-6-18-3/h4-5,10-11H,6-9H2,1-3H3. The SMILES string of the molecule is COCCOCCOc1ccc(S(=O)(=O)Cl)cc1C(C)C. The van der Waals surface area contributed by atoms with Gasteiger partial charge in [-0.05, 0) is 29.7 Å². The van der Waals surface area contributed by atoms with Crippen molar-refractivity contribution in [1.29, 1.82) is 0 Å². The molecule has 1 aromatic carbocycles. The fraction of sp³-hybridized carbons (Fsp3) is 0.571. The normalized spacial score (nSPS) is 11.9. The second-order valence-corrected chi connectivity index (χ2v) is 7.31. The van der Waals surface area contributed by atoms with Crippen LogP contribution in [0.2, 0.25) is 0 Å². The molecule has 0 aliphatic heterocycles. The van der Waals surface area contributed by atoms with E-state index in [0.29, 0.717) is 32.2 Å². The summed E-state index contributed by atoms with van der Waals surface area (Å²) in [7, 11) is 3.24. The molecule has 1 aromatic rings. The maximum absolute atomic E-state index is 11.4. The largest absolute Gasteiger partial charge is 0.491 e. The van der Waals surface area contributed by atoms with Gasteiger partial charge in [-0.25, -0.2) is 8.42 Å². The Morgan fingerprint density at radius 1 is 1.14 bits per heavy atom. The number of ether oxygens (including phenoxy) is 3. The first kappa shape index (κ1) is 18.2. The Labute approximate surface area is 130 Å². The van der Waals surface area contributed by atoms with E-state index >= 15 is 0 Å². The van der Waals surface area contributed by atoms with E-state index in [2.05, 4.69) is 0 Å². The number of methoxy groups -OCH3 is 1. The third kappa shape index (κ3) is 6.22. The summed E-state index contributed by atoms with van der Waals surface area (Å²) >= 11 is 0. The Hall–Kier alpha value is -0.820. The zero-order chi connectivity index (χ0) is 15.9. The summed E-state index contributed by atoms with van der Waals surface area (Å²) < 4.78 is 38.6. The molecule has 1 rings (SSSR count). The lowest BCUT2D eigenvalue weighted by Gasteiger charge is -2.15. The van der Waals surface area contributed by atoms with Gasteiger partial charge < -0.3 is 14.2 Å². The van der Waals surface area contributed by atoms with Gasteiger partial charge in [0, 0.05) is 17.8 Å². The topological polar surface area (TPSA) is 61.8 Å². The Morgan fingerprint density at radius 2 is 1.81 bits per heavy atom. The molecule has 0 N–H and O–H groups in total. The molecule has 0 spiro atoms. The molecule has 7 heteroatoms. The van der Waals surface area contributed by atoms with Crippen molar-refractivity contribution < 1.29 is 22.6 Å². The van der Waals surface area contributed by atoms with Gasteiger partial charge in [0.25, 0.3) is 9.05 Å². The highest BCUT2D eigenvalue weighted by atomic mass is 35.7. The average Bonchev–Trinajstić information content (AvgIpc) is 2.41. The molecule has 0 bridgehead atoms. The highest BCUT2D eigenvalue weighted by molar-refractivity contribution is 8.13. The zero-order valence-electron chi connectivity index (χ0n) is 12.5. The van der Waals surface area contributed by atoms with Gasteiger partial charge in [-0.3, -0.25) is 0 Å². The molecule has 21 heavy (non-hydrogen) atoms. The third-order valence-corrected chi connectivity index (χ3v) is 4.15. The van der Waals surface area contributed by atoms with Crippen molar-refractivity contribution >= 4 is 19.7 Å². The molecule has 0 heterocycles. The molecule has 120 valence electrons. The zero-order valence-corrected chi connectivity index (χ0v) is 14.0. The second-order valence-electron chi connectivity index (χ2n) is 4.75. The van der Waals surface area contributed by atoms with Crippen LogP contribution in [0.1, 0.15) is 25.3 Å². The smallest absolute Gasteiger partial charge is 0.261 e. The summed E-state index contributed by atoms with van der Waals surface area (Å²) in [5, 5.41) is 0. The minimum Gasteiger partial charge on any atom is -0.491 e. The first-order chi connectivity index (χ1) is 9.86. The second kappa shape index (κ2) is 8.58. The van der Waals surface area contributed by atoms with Crippen LogP contribution in [0, 0.1) is 0 Å². The molecule has 5 nitrogen and oxygen atoms in total. The van der Waals surface area contributed by atoms with Crippen molar-refractivity contribution in [2.24, 2.45) is 0 Å². The van der Waals surface area contributed by atoms with Crippen LogP contribution in [-0.2, 0) is 18.5 Å². The van der Waals surface area contributed by atoms with Crippen LogP contribution in [0.25, 0.3) is 0 Å². The van der Waals surface area contributed by atoms with Crippen LogP contribution >= 0.6 is 10.7 Å². The highest BCUT2D eigenvalue weighted by Crippen LogP contribution is 2.30. The lowest BCUT2D eigenvalue weighted by Crippen LogP contribution is -2.11. The van der Waals surface area contributed by atoms with Crippen LogP contribution in [0.5, 0.6) is 5.75 Å². The fourth-order valence-electron chi connectivity index (χ4n) is 1.72. The number of rotatable bonds is 9. The van der Waals surface area contributed by atoms with Gasteiger partial charge in [-0.15, -0.1) is 0 Å². The van der Waals surface area contributed by atoms with Crippen molar-refractivity contribution in [3.05, 3.63) is 23.8 Å². The van der Waals surface area contributed by atoms with E-state index in [0.717, 1.165) is 5.56 Å². The van der Waals surface area contributed by atoms with Crippen LogP contribution in [0.15, 0.2) is 23.1 Å². The van der Waals surface area contributed by atoms with Gasteiger partial charge in [0.1, 0.15) is 12.4 Å². The third-order valence-electron chi connectivity index (χ3n) is 2.80. The van der Waals surface area contributed by atoms with Crippen LogP contribution in [-0.4, -0.2) is 42.0 Å². The van der Waals surface area contributed by atoms with E-state index in [1.807, 2.05) is 13.8 Å². The summed E-state index contributed by atoms with van der Waals surface area (Å²) in [4.78, 5) is 0.0801. The maximum Gasteiger partial charge on any atom is 0.261 e. The number of hydrogen-bond acceptors (Lipinski definition) is 5. The molecule has 0 amide bonds. The minimum atomic E-state index is -3.73. The van der Waals surface area contributed by atoms with E-state index in [9.17, 15) is 8.42 Å². The van der Waals surface area contributed by atoms with Gasteiger partial charge >= 0.3 is 0 Å². The monoisotopic (exact) mass is 336 g/mol. The van der Waals surface area contributed by atoms with Crippen LogP contribution in [0.3, 0.4) is 0 Å². The predicted octanol–water partition coefficient (Wildman–Crippen LogP) is 2.78. The van der Waals surface area contributed by atoms with Gasteiger partial charge in [0.2, 0.25) is 0 Å². The summed E-state index contributed by atoms with van der Waals surface area (Å²) in [6.45, 7) is 5.80. The van der Waals surface area contributed by atoms with Crippen LogP contribution in [0.4, 0.5) is 0 Å². The molecule has 0 aromatic heterocycles. The molecule has 0 saturated heterocycles. The lowest BCUT2D eigenvalue weighted by atomic mass is 10.0. The van der Waals surface area contributed by atoms with Crippen molar-refractivity contribution in [1.82, 2.24) is 0 Å². The molecule has 0 unspecified atom stereocenters. The van der Waals surface area contributed by atoms with E-state index in [4.69, 9.17) is 24.9 Å². The van der Waals surface area contributed by atoms with Crippen molar-refractivity contribution in [2.75, 3.05) is 33.5 Å². The number of halogens is 1. The Morgan fingerprint density at radius 3 is 2.38 bits per heavy atom. The van der Waals surface area contributed by atoms with E-state index < -0.39 is 9.05 Å². The first-order valence-corrected chi connectivity index (χ1v) is 8.95. The molecule has 0 radical (unpaired) electrons. The summed E-state index contributed by atoms with van der Waals surface area (Å²) in [5.41, 5.74) is 0.800. The lowest BCUT2D eigenvalue weighted by molar-refractivity contribution is 0.0542. The number of benzene rings is 1. The fourth-order valence-corrected chi connectivity index (χ4v) is 2.50. The van der Waals surface area contributed by atoms with E-state index in [-0.39, 0.29) is 10.8 Å². The molecule has 0 fully saturated rings. The summed E-state index contributed by atoms with van der Waals surface area (Å²) in [6.07, 6.45) is 0. The Bertz CT molecular complexity index is 542. The summed E-state index contributed by atoms with van der Waals surface area (Å²) in [6, 6.07) is 4.61. The summed E-state index contributed by atoms with van der Waals surface area (Å²) in [5.74, 6) is 0.761. The van der Waals surface area contributed by atoms with Crippen molar-refractivity contribution in [3.8, 4) is 5.75 Å². The predicted molar refractivity (Wildman–Crippen MR) is 81.8 cm³/mol. The van der Waals surface area contributed by atoms with Crippen molar-refractivity contribution in [2.45, 2.75) is 24.7 Å². The highest BCUT2D eigenvalue weighted by Gasteiger charge is 2.15. The molecule has 0 atom stereocenters. The average molecular weight is 337 g/mol. The number of hydrogen-bond donors (Lipinski definition) is 0. The molecule has 0 aliphatic rings. The maximum atomic E-state index is 11.4. The van der Waals surface area contributed by atoms with E-state index in [1.165, 1.54) is 6.07 Å². The van der Waals surface area contributed by atoms with Gasteiger partial charge in [0.05, 0.1) is 24.7 Å². The molecular weight excluding hydrogens is 316 g/mol. The van der Waals surface area contributed by atoms with Gasteiger partial charge in [-0.2, -0.15) is 0 Å². The Kier molecular flexibility index (Phi) is 7.45. The van der Waals surface area contributed by atoms with Crippen molar-refractivity contribution in [3.63, 3.8) is 0 Å². The van der Waals surface area contributed by atoms with Crippen LogP contribution < -0.4 is 4.74 Å². The minimum absolute atomic E-state index is 0.0801. The van der Waals surface area contributed by atoms with Gasteiger partial charge in [0.15, 0.2) is 0 Å². The molecule has 0 saturated carbocycles. The van der Waals surface area contributed by atoms with E-state index in [1.54, 1.807) is 19.2 Å². The first-order valence-electron chi connectivity index (χ1n) is 6.64. The molecular formula is C14H21ClO5S.